The van der Waals surface area contributed by atoms with Crippen molar-refractivity contribution in [3.63, 3.8) is 0 Å². The van der Waals surface area contributed by atoms with E-state index in [1.165, 1.54) is 0 Å². The summed E-state index contributed by atoms with van der Waals surface area (Å²) in [5.74, 6) is -48.0. The zero-order chi connectivity index (χ0) is 23.2. The third-order valence-corrected chi connectivity index (χ3v) is 4.94. The van der Waals surface area contributed by atoms with E-state index in [1.54, 1.807) is 0 Å². The van der Waals surface area contributed by atoms with Gasteiger partial charge in [0.1, 0.15) is 11.6 Å². The minimum atomic E-state index is -7.27. The minimum Gasteiger partial charge on any atom is -0.872 e. The van der Waals surface area contributed by atoms with Crippen molar-refractivity contribution in [3.05, 3.63) is 40.5 Å². The van der Waals surface area contributed by atoms with Gasteiger partial charge >= 0.3 is 29.6 Å². The molecule has 0 bridgehead atoms. The molecule has 0 atom stereocenters. The Morgan fingerprint density at radius 2 is 1.30 bits per heavy atom. The monoisotopic (exact) mass is 457 g/mol. The van der Waals surface area contributed by atoms with E-state index < -0.39 is 81.8 Å². The second-order valence-corrected chi connectivity index (χ2v) is 6.66. The van der Waals surface area contributed by atoms with E-state index in [-0.39, 0.29) is 12.1 Å². The van der Waals surface area contributed by atoms with Crippen LogP contribution in [0.25, 0.3) is 5.76 Å². The molecule has 0 aromatic heterocycles. The third-order valence-electron chi connectivity index (χ3n) is 4.94. The predicted octanol–water partition coefficient (Wildman–Crippen LogP) is 3.97. The number of halogens is 12. The van der Waals surface area contributed by atoms with Gasteiger partial charge in [0.05, 0.1) is 0 Å². The van der Waals surface area contributed by atoms with E-state index in [0.717, 1.165) is 0 Å². The molecule has 30 heavy (non-hydrogen) atoms. The van der Waals surface area contributed by atoms with Crippen molar-refractivity contribution >= 4 is 11.5 Å². The molecule has 0 spiro atoms. The van der Waals surface area contributed by atoms with Crippen LogP contribution in [0.3, 0.4) is 0 Å². The Balaban J connectivity index is 2.20. The number of hydrogen-bond donors (Lipinski definition) is 0. The Morgan fingerprint density at radius 3 is 1.77 bits per heavy atom. The summed E-state index contributed by atoms with van der Waals surface area (Å²) in [5, 5.41) is 12.1. The highest BCUT2D eigenvalue weighted by Crippen LogP contribution is 2.67. The highest BCUT2D eigenvalue weighted by Gasteiger charge is 2.96. The Morgan fingerprint density at radius 1 is 0.833 bits per heavy atom. The van der Waals surface area contributed by atoms with Crippen LogP contribution in [0, 0.1) is 17.6 Å². The summed E-state index contributed by atoms with van der Waals surface area (Å²) < 4.78 is 163. The lowest BCUT2D eigenvalue weighted by atomic mass is 9.71. The van der Waals surface area contributed by atoms with E-state index in [4.69, 9.17) is 0 Å². The van der Waals surface area contributed by atoms with E-state index in [9.17, 15) is 62.6 Å². The zero-order valence-corrected chi connectivity index (χ0v) is 13.8. The fourth-order valence-electron chi connectivity index (χ4n) is 3.31. The van der Waals surface area contributed by atoms with E-state index >= 15 is 0 Å². The van der Waals surface area contributed by atoms with Crippen LogP contribution in [0.5, 0.6) is 0 Å². The number of rotatable bonds is 2. The molecular weight excluding hydrogens is 452 g/mol. The van der Waals surface area contributed by atoms with Gasteiger partial charge in [0, 0.05) is 12.5 Å². The summed E-state index contributed by atoms with van der Waals surface area (Å²) >= 11 is 0. The summed E-state index contributed by atoms with van der Waals surface area (Å²) in [6.07, 6.45) is -1.41. The molecular formula is C16H5F12O2-. The van der Waals surface area contributed by atoms with Crippen LogP contribution in [0.15, 0.2) is 17.7 Å². The van der Waals surface area contributed by atoms with Gasteiger partial charge in [-0.2, -0.15) is 43.9 Å². The first-order chi connectivity index (χ1) is 13.3. The molecule has 0 unspecified atom stereocenters. The fraction of sp³-hybridized carbons (Fsp3) is 0.438. The SMILES string of the molecule is O=C(C1=C([O-])c2cc(F)cc(F)c2C1)C1C(F)(F)C(F)(F)C(F)(F)C(F)(F)C1(F)F. The number of ketones is 1. The van der Waals surface area contributed by atoms with E-state index in [0.29, 0.717) is 0 Å². The van der Waals surface area contributed by atoms with Gasteiger partial charge in [0.2, 0.25) is 0 Å². The van der Waals surface area contributed by atoms with Gasteiger partial charge < -0.3 is 5.11 Å². The van der Waals surface area contributed by atoms with Gasteiger partial charge in [0.15, 0.2) is 11.7 Å². The first kappa shape index (κ1) is 22.3. The van der Waals surface area contributed by atoms with Gasteiger partial charge in [-0.05, 0) is 22.8 Å². The maximum Gasteiger partial charge on any atom is 0.384 e. The largest absolute Gasteiger partial charge is 0.872 e. The van der Waals surface area contributed by atoms with Gasteiger partial charge in [-0.15, -0.1) is 0 Å². The van der Waals surface area contributed by atoms with E-state index in [2.05, 4.69) is 0 Å². The maximum atomic E-state index is 14.0. The number of alkyl halides is 10. The highest BCUT2D eigenvalue weighted by molar-refractivity contribution is 6.06. The lowest BCUT2D eigenvalue weighted by Gasteiger charge is -2.49. The lowest BCUT2D eigenvalue weighted by molar-refractivity contribution is -0.456. The normalized spacial score (nSPS) is 25.9. The quantitative estimate of drug-likeness (QED) is 0.631. The van der Waals surface area contributed by atoms with Crippen LogP contribution in [0.4, 0.5) is 52.7 Å². The van der Waals surface area contributed by atoms with Crippen molar-refractivity contribution in [2.24, 2.45) is 5.92 Å². The molecule has 0 heterocycles. The smallest absolute Gasteiger partial charge is 0.384 e. The zero-order valence-electron chi connectivity index (χ0n) is 13.8. The van der Waals surface area contributed by atoms with E-state index in [1.807, 2.05) is 0 Å². The maximum absolute atomic E-state index is 14.0. The number of allylic oxidation sites excluding steroid dienone is 1. The molecule has 3 rings (SSSR count). The highest BCUT2D eigenvalue weighted by atomic mass is 19.4. The van der Waals surface area contributed by atoms with Crippen molar-refractivity contribution in [1.82, 2.24) is 0 Å². The molecule has 0 radical (unpaired) electrons. The standard InChI is InChI=1S/C16H6F12O2/c17-4-1-6-5(8(18)2-4)3-7(9(6)29)10(30)11-12(19,20)14(23,24)16(27,28)15(25,26)13(11,21)22/h1-2,11,29H,3H2/p-1. The molecule has 1 aromatic rings. The van der Waals surface area contributed by atoms with Crippen molar-refractivity contribution in [1.29, 1.82) is 0 Å². The molecule has 0 amide bonds. The predicted molar refractivity (Wildman–Crippen MR) is 70.2 cm³/mol. The molecule has 2 aliphatic rings. The Labute approximate surface area is 157 Å². The Hall–Kier alpha value is -2.41. The van der Waals surface area contributed by atoms with Crippen LogP contribution in [0.1, 0.15) is 11.1 Å². The van der Waals surface area contributed by atoms with Crippen LogP contribution in [0.2, 0.25) is 0 Å². The molecule has 0 N–H and O–H groups in total. The molecule has 2 nitrogen and oxygen atoms in total. The number of benzene rings is 1. The third kappa shape index (κ3) is 2.32. The van der Waals surface area contributed by atoms with Crippen molar-refractivity contribution < 1.29 is 62.6 Å². The average molecular weight is 457 g/mol. The number of hydrogen-bond acceptors (Lipinski definition) is 2. The molecule has 0 aliphatic heterocycles. The molecule has 166 valence electrons. The first-order valence-corrected chi connectivity index (χ1v) is 7.65. The summed E-state index contributed by atoms with van der Waals surface area (Å²) in [6.45, 7) is 0. The fourth-order valence-corrected chi connectivity index (χ4v) is 3.31. The summed E-state index contributed by atoms with van der Waals surface area (Å²) in [6, 6.07) is 0.405. The van der Waals surface area contributed by atoms with Crippen LogP contribution < -0.4 is 5.11 Å². The van der Waals surface area contributed by atoms with Crippen LogP contribution in [-0.4, -0.2) is 35.4 Å². The number of fused-ring (bicyclic) bond motifs is 1. The summed E-state index contributed by atoms with van der Waals surface area (Å²) in [5.41, 5.74) is -3.69. The second-order valence-electron chi connectivity index (χ2n) is 6.66. The second kappa shape index (κ2) is 5.84. The first-order valence-electron chi connectivity index (χ1n) is 7.65. The molecule has 1 saturated carbocycles. The molecule has 2 aliphatic carbocycles. The number of carbonyl (C=O) groups is 1. The van der Waals surface area contributed by atoms with Gasteiger partial charge in [-0.25, -0.2) is 8.78 Å². The number of Topliss-reactive ketones (excluding diaryl/α,β-unsaturated/α-hetero) is 1. The Kier molecular flexibility index (Phi) is 4.34. The lowest BCUT2D eigenvalue weighted by Crippen LogP contribution is -2.78. The van der Waals surface area contributed by atoms with Gasteiger partial charge in [-0.3, -0.25) is 4.79 Å². The summed E-state index contributed by atoms with van der Waals surface area (Å²) in [4.78, 5) is 12.1. The van der Waals surface area contributed by atoms with Crippen LogP contribution >= 0.6 is 0 Å². The molecule has 14 heteroatoms. The van der Waals surface area contributed by atoms with Crippen molar-refractivity contribution in [2.45, 2.75) is 36.0 Å². The topological polar surface area (TPSA) is 40.1 Å². The van der Waals surface area contributed by atoms with Crippen LogP contribution in [-0.2, 0) is 11.2 Å². The van der Waals surface area contributed by atoms with Crippen molar-refractivity contribution in [2.75, 3.05) is 0 Å². The molecule has 0 saturated heterocycles. The Bertz CT molecular complexity index is 949. The minimum absolute atomic E-state index is 0.145. The van der Waals surface area contributed by atoms with Gasteiger partial charge in [-0.1, -0.05) is 5.76 Å². The average Bonchev–Trinajstić information content (AvgIpc) is 2.90. The van der Waals surface area contributed by atoms with Crippen molar-refractivity contribution in [3.8, 4) is 0 Å². The molecule has 1 fully saturated rings. The molecule has 1 aromatic carbocycles. The summed E-state index contributed by atoms with van der Waals surface area (Å²) in [7, 11) is 0. The number of carbonyl (C=O) groups excluding carboxylic acids is 1. The van der Waals surface area contributed by atoms with Gasteiger partial charge in [0.25, 0.3) is 0 Å².